The first kappa shape index (κ1) is 14.1. The maximum absolute atomic E-state index is 6.17. The minimum absolute atomic E-state index is 0.592. The fraction of sp³-hybridized carbons (Fsp3) is 0.400. The number of nitrogens with zero attached hydrogens (tertiary/aromatic N) is 2. The van der Waals surface area contributed by atoms with Gasteiger partial charge in [-0.15, -0.1) is 0 Å². The number of aromatic nitrogens is 1. The molecule has 1 heterocycles. The van der Waals surface area contributed by atoms with E-state index in [9.17, 15) is 0 Å². The Balaban J connectivity index is 2.62. The predicted molar refractivity (Wildman–Crippen MR) is 86.6 cm³/mol. The number of nitrogen functional groups attached to an aromatic ring is 1. The van der Waals surface area contributed by atoms with Gasteiger partial charge in [0.25, 0.3) is 0 Å². The molecule has 3 nitrogen and oxygen atoms in total. The number of fused-ring (bicyclic) bond motifs is 1. The minimum Gasteiger partial charge on any atom is -0.396 e. The second-order valence-corrected chi connectivity index (χ2v) is 6.07. The number of rotatable bonds is 4. The topological polar surface area (TPSA) is 42.1 Å². The lowest BCUT2D eigenvalue weighted by atomic mass is 10.1. The predicted octanol–water partition coefficient (Wildman–Crippen LogP) is 4.06. The molecule has 0 saturated heterocycles. The Hall–Kier alpha value is -1.29. The van der Waals surface area contributed by atoms with Crippen molar-refractivity contribution in [3.63, 3.8) is 0 Å². The van der Waals surface area contributed by atoms with E-state index in [1.165, 1.54) is 0 Å². The molecule has 2 rings (SSSR count). The van der Waals surface area contributed by atoms with E-state index in [1.807, 2.05) is 12.1 Å². The van der Waals surface area contributed by atoms with Crippen molar-refractivity contribution in [2.45, 2.75) is 20.8 Å². The third kappa shape index (κ3) is 3.00. The highest BCUT2D eigenvalue weighted by atomic mass is 79.9. The number of benzene rings is 1. The molecule has 19 heavy (non-hydrogen) atoms. The first-order chi connectivity index (χ1) is 9.02. The third-order valence-corrected chi connectivity index (χ3v) is 3.61. The van der Waals surface area contributed by atoms with Crippen LogP contribution in [0.3, 0.4) is 0 Å². The molecule has 2 aromatic rings. The zero-order chi connectivity index (χ0) is 14.0. The molecule has 0 unspecified atom stereocenters. The molecule has 0 atom stereocenters. The molecule has 0 fully saturated rings. The Morgan fingerprint density at radius 2 is 2.11 bits per heavy atom. The Morgan fingerprint density at radius 1 is 1.37 bits per heavy atom. The van der Waals surface area contributed by atoms with E-state index < -0.39 is 0 Å². The van der Waals surface area contributed by atoms with Crippen LogP contribution in [-0.2, 0) is 0 Å². The first-order valence-corrected chi connectivity index (χ1v) is 7.41. The van der Waals surface area contributed by atoms with Gasteiger partial charge in [-0.3, -0.25) is 4.98 Å². The van der Waals surface area contributed by atoms with Crippen LogP contribution >= 0.6 is 15.9 Å². The molecule has 2 N–H and O–H groups in total. The molecule has 1 aromatic carbocycles. The van der Waals surface area contributed by atoms with Crippen molar-refractivity contribution in [1.29, 1.82) is 0 Å². The van der Waals surface area contributed by atoms with Gasteiger partial charge in [0.2, 0.25) is 0 Å². The van der Waals surface area contributed by atoms with Crippen LogP contribution in [0.4, 0.5) is 11.4 Å². The third-order valence-electron chi connectivity index (χ3n) is 3.11. The summed E-state index contributed by atoms with van der Waals surface area (Å²) in [6.07, 6.45) is 1.76. The van der Waals surface area contributed by atoms with Crippen molar-refractivity contribution in [2.75, 3.05) is 23.7 Å². The second kappa shape index (κ2) is 5.78. The van der Waals surface area contributed by atoms with E-state index >= 15 is 0 Å². The van der Waals surface area contributed by atoms with Crippen molar-refractivity contribution in [3.8, 4) is 0 Å². The van der Waals surface area contributed by atoms with Crippen molar-refractivity contribution in [1.82, 2.24) is 4.98 Å². The van der Waals surface area contributed by atoms with Crippen LogP contribution in [0.1, 0.15) is 20.8 Å². The largest absolute Gasteiger partial charge is 0.396 e. The molecule has 0 aliphatic rings. The molecular weight excluding hydrogens is 302 g/mol. The molecule has 102 valence electrons. The summed E-state index contributed by atoms with van der Waals surface area (Å²) in [7, 11) is 0. The number of hydrogen-bond donors (Lipinski definition) is 1. The lowest BCUT2D eigenvalue weighted by molar-refractivity contribution is 0.620. The first-order valence-electron chi connectivity index (χ1n) is 6.61. The van der Waals surface area contributed by atoms with Crippen LogP contribution in [-0.4, -0.2) is 18.1 Å². The van der Waals surface area contributed by atoms with Crippen molar-refractivity contribution < 1.29 is 0 Å². The van der Waals surface area contributed by atoms with E-state index in [1.54, 1.807) is 6.20 Å². The molecule has 1 aromatic heterocycles. The quantitative estimate of drug-likeness (QED) is 0.923. The average Bonchev–Trinajstić information content (AvgIpc) is 2.36. The Kier molecular flexibility index (Phi) is 4.30. The molecule has 0 bridgehead atoms. The van der Waals surface area contributed by atoms with Gasteiger partial charge in [0.15, 0.2) is 0 Å². The fourth-order valence-electron chi connectivity index (χ4n) is 2.34. The maximum atomic E-state index is 6.17. The fourth-order valence-corrected chi connectivity index (χ4v) is 2.70. The molecule has 4 heteroatoms. The molecule has 0 radical (unpaired) electrons. The van der Waals surface area contributed by atoms with Gasteiger partial charge in [-0.25, -0.2) is 0 Å². The molecule has 0 saturated carbocycles. The van der Waals surface area contributed by atoms with Gasteiger partial charge in [-0.2, -0.15) is 0 Å². The zero-order valence-corrected chi connectivity index (χ0v) is 13.2. The maximum Gasteiger partial charge on any atom is 0.0745 e. The Bertz CT molecular complexity index is 576. The van der Waals surface area contributed by atoms with Crippen molar-refractivity contribution >= 4 is 38.2 Å². The smallest absolute Gasteiger partial charge is 0.0745 e. The number of pyridine rings is 1. The summed E-state index contributed by atoms with van der Waals surface area (Å²) in [5.74, 6) is 0.592. The Labute approximate surface area is 122 Å². The van der Waals surface area contributed by atoms with E-state index in [0.29, 0.717) is 5.92 Å². The number of halogens is 1. The summed E-state index contributed by atoms with van der Waals surface area (Å²) >= 11 is 3.53. The molecular formula is C15H20BrN3. The minimum atomic E-state index is 0.592. The SMILES string of the molecule is CCN(CC(C)C)c1c(N)cnc2ccc(Br)cc12. The van der Waals surface area contributed by atoms with Crippen LogP contribution in [0.5, 0.6) is 0 Å². The summed E-state index contributed by atoms with van der Waals surface area (Å²) in [5, 5.41) is 1.11. The molecule has 0 amide bonds. The summed E-state index contributed by atoms with van der Waals surface area (Å²) in [5.41, 5.74) is 8.99. The lowest BCUT2D eigenvalue weighted by Gasteiger charge is -2.27. The van der Waals surface area contributed by atoms with Crippen LogP contribution in [0.25, 0.3) is 10.9 Å². The van der Waals surface area contributed by atoms with Gasteiger partial charge in [0.05, 0.1) is 23.1 Å². The van der Waals surface area contributed by atoms with Gasteiger partial charge in [0, 0.05) is 22.9 Å². The van der Waals surface area contributed by atoms with Gasteiger partial charge >= 0.3 is 0 Å². The standard InChI is InChI=1S/C15H20BrN3/c1-4-19(9-10(2)3)15-12-7-11(16)5-6-14(12)18-8-13(15)17/h5-8,10H,4,9,17H2,1-3H3. The molecule has 0 spiro atoms. The summed E-state index contributed by atoms with van der Waals surface area (Å²) in [6.45, 7) is 8.53. The van der Waals surface area contributed by atoms with Crippen LogP contribution in [0.2, 0.25) is 0 Å². The van der Waals surface area contributed by atoms with Crippen LogP contribution < -0.4 is 10.6 Å². The lowest BCUT2D eigenvalue weighted by Crippen LogP contribution is -2.28. The van der Waals surface area contributed by atoms with Crippen LogP contribution in [0.15, 0.2) is 28.9 Å². The highest BCUT2D eigenvalue weighted by Gasteiger charge is 2.14. The van der Waals surface area contributed by atoms with Gasteiger partial charge < -0.3 is 10.6 Å². The summed E-state index contributed by atoms with van der Waals surface area (Å²) < 4.78 is 1.05. The molecule has 0 aliphatic carbocycles. The summed E-state index contributed by atoms with van der Waals surface area (Å²) in [6, 6.07) is 6.12. The van der Waals surface area contributed by atoms with E-state index in [2.05, 4.69) is 52.7 Å². The number of anilines is 2. The van der Waals surface area contributed by atoms with E-state index in [-0.39, 0.29) is 0 Å². The highest BCUT2D eigenvalue weighted by Crippen LogP contribution is 2.33. The average molecular weight is 322 g/mol. The van der Waals surface area contributed by atoms with Gasteiger partial charge in [-0.1, -0.05) is 29.8 Å². The molecule has 0 aliphatic heterocycles. The zero-order valence-electron chi connectivity index (χ0n) is 11.7. The number of hydrogen-bond acceptors (Lipinski definition) is 3. The normalized spacial score (nSPS) is 11.2. The monoisotopic (exact) mass is 321 g/mol. The van der Waals surface area contributed by atoms with Gasteiger partial charge in [0.1, 0.15) is 0 Å². The highest BCUT2D eigenvalue weighted by molar-refractivity contribution is 9.10. The van der Waals surface area contributed by atoms with E-state index in [0.717, 1.165) is 39.8 Å². The van der Waals surface area contributed by atoms with E-state index in [4.69, 9.17) is 5.73 Å². The van der Waals surface area contributed by atoms with Crippen molar-refractivity contribution in [2.24, 2.45) is 5.92 Å². The van der Waals surface area contributed by atoms with Crippen molar-refractivity contribution in [3.05, 3.63) is 28.9 Å². The summed E-state index contributed by atoms with van der Waals surface area (Å²) in [4.78, 5) is 6.74. The van der Waals surface area contributed by atoms with Gasteiger partial charge in [-0.05, 0) is 31.0 Å². The second-order valence-electron chi connectivity index (χ2n) is 5.16. The van der Waals surface area contributed by atoms with Crippen LogP contribution in [0, 0.1) is 5.92 Å². The number of nitrogens with two attached hydrogens (primary N) is 1. The Morgan fingerprint density at radius 3 is 2.74 bits per heavy atom.